The van der Waals surface area contributed by atoms with Crippen LogP contribution in [-0.4, -0.2) is 40.7 Å². The van der Waals surface area contributed by atoms with E-state index < -0.39 is 5.76 Å². The Morgan fingerprint density at radius 3 is 2.88 bits per heavy atom. The second-order valence-electron chi connectivity index (χ2n) is 5.88. The summed E-state index contributed by atoms with van der Waals surface area (Å²) in [7, 11) is 0. The van der Waals surface area contributed by atoms with Crippen LogP contribution in [0.4, 0.5) is 0 Å². The number of nitrogens with zero attached hydrogens (tertiary/aromatic N) is 2. The second kappa shape index (κ2) is 7.33. The first-order valence-corrected chi connectivity index (χ1v) is 8.20. The molecular formula is C17H21N3O4. The molecule has 0 aliphatic carbocycles. The topological polar surface area (TPSA) is 88.4 Å². The summed E-state index contributed by atoms with van der Waals surface area (Å²) < 4.78 is 10.4. The normalized spacial score (nSPS) is 17.7. The van der Waals surface area contributed by atoms with Gasteiger partial charge < -0.3 is 14.1 Å². The third kappa shape index (κ3) is 3.84. The van der Waals surface area contributed by atoms with Crippen molar-refractivity contribution in [3.05, 3.63) is 46.3 Å². The monoisotopic (exact) mass is 331 g/mol. The molecule has 1 saturated heterocycles. The summed E-state index contributed by atoms with van der Waals surface area (Å²) in [6, 6.07) is 7.58. The standard InChI is InChI=1S/C17H21N3O4/c1-2-23-14-7-5-12(6-8-14)10-15(21)20-9-3-4-13(11-20)16-18-19-17(22)24-16/h5-8,13H,2-4,9-11H2,1H3,(H,19,22)/t13-/m0/s1. The molecule has 1 fully saturated rings. The number of aromatic amines is 1. The van der Waals surface area contributed by atoms with Gasteiger partial charge in [0.1, 0.15) is 5.75 Å². The van der Waals surface area contributed by atoms with Crippen molar-refractivity contribution in [3.8, 4) is 5.75 Å². The number of likely N-dealkylation sites (tertiary alicyclic amines) is 1. The molecule has 1 N–H and O–H groups in total. The van der Waals surface area contributed by atoms with Crippen LogP contribution < -0.4 is 10.5 Å². The van der Waals surface area contributed by atoms with Crippen LogP contribution in [0.1, 0.15) is 37.1 Å². The Kier molecular flexibility index (Phi) is 4.98. The van der Waals surface area contributed by atoms with Gasteiger partial charge in [0.05, 0.1) is 18.9 Å². The molecule has 1 aliphatic heterocycles. The maximum atomic E-state index is 12.5. The van der Waals surface area contributed by atoms with Gasteiger partial charge in [-0.25, -0.2) is 9.89 Å². The van der Waals surface area contributed by atoms with Crippen LogP contribution in [0.25, 0.3) is 0 Å². The summed E-state index contributed by atoms with van der Waals surface area (Å²) in [5.74, 6) is 0.686. The minimum absolute atomic E-state index is 0.0259. The highest BCUT2D eigenvalue weighted by molar-refractivity contribution is 5.79. The van der Waals surface area contributed by atoms with Crippen LogP contribution in [0.15, 0.2) is 33.5 Å². The number of aromatic nitrogens is 2. The third-order valence-electron chi connectivity index (χ3n) is 4.17. The summed E-state index contributed by atoms with van der Waals surface area (Å²) in [5, 5.41) is 6.17. The molecule has 7 nitrogen and oxygen atoms in total. The zero-order valence-electron chi connectivity index (χ0n) is 13.7. The maximum Gasteiger partial charge on any atom is 0.434 e. The third-order valence-corrected chi connectivity index (χ3v) is 4.17. The first-order valence-electron chi connectivity index (χ1n) is 8.20. The van der Waals surface area contributed by atoms with E-state index >= 15 is 0 Å². The number of hydrogen-bond acceptors (Lipinski definition) is 5. The molecule has 1 aromatic heterocycles. The highest BCUT2D eigenvalue weighted by Crippen LogP contribution is 2.25. The Bertz CT molecular complexity index is 735. The highest BCUT2D eigenvalue weighted by atomic mass is 16.5. The highest BCUT2D eigenvalue weighted by Gasteiger charge is 2.27. The number of ether oxygens (including phenoxy) is 1. The molecule has 3 rings (SSSR count). The molecule has 7 heteroatoms. The van der Waals surface area contributed by atoms with Crippen LogP contribution in [0.2, 0.25) is 0 Å². The number of carbonyl (C=O) groups is 1. The molecule has 1 aromatic carbocycles. The lowest BCUT2D eigenvalue weighted by atomic mass is 9.97. The van der Waals surface area contributed by atoms with E-state index in [-0.39, 0.29) is 11.8 Å². The van der Waals surface area contributed by atoms with Crippen molar-refractivity contribution in [1.82, 2.24) is 15.1 Å². The Hall–Kier alpha value is -2.57. The van der Waals surface area contributed by atoms with Gasteiger partial charge >= 0.3 is 5.76 Å². The van der Waals surface area contributed by atoms with Crippen molar-refractivity contribution >= 4 is 5.91 Å². The zero-order chi connectivity index (χ0) is 16.9. The fraction of sp³-hybridized carbons (Fsp3) is 0.471. The van der Waals surface area contributed by atoms with Gasteiger partial charge in [0, 0.05) is 13.1 Å². The number of carbonyl (C=O) groups excluding carboxylic acids is 1. The molecule has 0 saturated carbocycles. The number of piperidine rings is 1. The van der Waals surface area contributed by atoms with Gasteiger partial charge in [-0.1, -0.05) is 12.1 Å². The van der Waals surface area contributed by atoms with Crippen molar-refractivity contribution in [3.63, 3.8) is 0 Å². The summed E-state index contributed by atoms with van der Waals surface area (Å²) in [6.07, 6.45) is 2.08. The van der Waals surface area contributed by atoms with Crippen LogP contribution >= 0.6 is 0 Å². The fourth-order valence-corrected chi connectivity index (χ4v) is 2.98. The van der Waals surface area contributed by atoms with E-state index in [1.54, 1.807) is 0 Å². The molecule has 0 radical (unpaired) electrons. The van der Waals surface area contributed by atoms with Gasteiger partial charge in [-0.05, 0) is 37.5 Å². The average Bonchev–Trinajstić information content (AvgIpc) is 3.03. The lowest BCUT2D eigenvalue weighted by Crippen LogP contribution is -2.40. The number of amides is 1. The summed E-state index contributed by atoms with van der Waals surface area (Å²) in [5.41, 5.74) is 0.955. The van der Waals surface area contributed by atoms with E-state index in [0.717, 1.165) is 30.7 Å². The molecule has 1 atom stereocenters. The van der Waals surface area contributed by atoms with E-state index in [9.17, 15) is 9.59 Å². The molecule has 2 aromatic rings. The molecule has 24 heavy (non-hydrogen) atoms. The van der Waals surface area contributed by atoms with Crippen molar-refractivity contribution < 1.29 is 13.9 Å². The van der Waals surface area contributed by atoms with Crippen LogP contribution in [0, 0.1) is 0 Å². The number of H-pyrrole nitrogens is 1. The largest absolute Gasteiger partial charge is 0.494 e. The molecular weight excluding hydrogens is 310 g/mol. The Morgan fingerprint density at radius 2 is 2.21 bits per heavy atom. The first kappa shape index (κ1) is 16.3. The van der Waals surface area contributed by atoms with Crippen LogP contribution in [0.3, 0.4) is 0 Å². The van der Waals surface area contributed by atoms with Gasteiger partial charge in [-0.3, -0.25) is 4.79 Å². The van der Waals surface area contributed by atoms with Gasteiger partial charge in [-0.15, -0.1) is 5.10 Å². The molecule has 0 bridgehead atoms. The predicted molar refractivity (Wildman–Crippen MR) is 87.0 cm³/mol. The van der Waals surface area contributed by atoms with E-state index in [2.05, 4.69) is 10.2 Å². The summed E-state index contributed by atoms with van der Waals surface area (Å²) >= 11 is 0. The second-order valence-corrected chi connectivity index (χ2v) is 5.88. The summed E-state index contributed by atoms with van der Waals surface area (Å²) in [4.78, 5) is 25.4. The molecule has 128 valence electrons. The van der Waals surface area contributed by atoms with E-state index in [0.29, 0.717) is 25.5 Å². The first-order chi connectivity index (χ1) is 11.7. The van der Waals surface area contributed by atoms with Crippen LogP contribution in [-0.2, 0) is 11.2 Å². The van der Waals surface area contributed by atoms with Gasteiger partial charge in [0.15, 0.2) is 0 Å². The average molecular weight is 331 g/mol. The van der Waals surface area contributed by atoms with Crippen molar-refractivity contribution in [1.29, 1.82) is 0 Å². The number of hydrogen-bond donors (Lipinski definition) is 1. The lowest BCUT2D eigenvalue weighted by molar-refractivity contribution is -0.131. The number of nitrogens with one attached hydrogen (secondary N) is 1. The van der Waals surface area contributed by atoms with Crippen molar-refractivity contribution in [2.45, 2.75) is 32.1 Å². The fourth-order valence-electron chi connectivity index (χ4n) is 2.98. The minimum atomic E-state index is -0.553. The maximum absolute atomic E-state index is 12.5. The van der Waals surface area contributed by atoms with Crippen molar-refractivity contribution in [2.75, 3.05) is 19.7 Å². The molecule has 0 spiro atoms. The zero-order valence-corrected chi connectivity index (χ0v) is 13.7. The quantitative estimate of drug-likeness (QED) is 0.901. The van der Waals surface area contributed by atoms with E-state index in [4.69, 9.17) is 9.15 Å². The van der Waals surface area contributed by atoms with Gasteiger partial charge in [0.25, 0.3) is 0 Å². The van der Waals surface area contributed by atoms with Gasteiger partial charge in [-0.2, -0.15) is 0 Å². The Balaban J connectivity index is 1.60. The van der Waals surface area contributed by atoms with Gasteiger partial charge in [0.2, 0.25) is 11.8 Å². The Labute approximate surface area is 139 Å². The summed E-state index contributed by atoms with van der Waals surface area (Å²) in [6.45, 7) is 3.81. The number of benzene rings is 1. The van der Waals surface area contributed by atoms with E-state index in [1.165, 1.54) is 0 Å². The predicted octanol–water partition coefficient (Wildman–Crippen LogP) is 1.71. The molecule has 2 heterocycles. The minimum Gasteiger partial charge on any atom is -0.494 e. The molecule has 1 aliphatic rings. The van der Waals surface area contributed by atoms with E-state index in [1.807, 2.05) is 36.1 Å². The molecule has 0 unspecified atom stereocenters. The van der Waals surface area contributed by atoms with Crippen LogP contribution in [0.5, 0.6) is 5.75 Å². The van der Waals surface area contributed by atoms with Crippen molar-refractivity contribution in [2.24, 2.45) is 0 Å². The lowest BCUT2D eigenvalue weighted by Gasteiger charge is -2.31. The molecule has 1 amide bonds. The Morgan fingerprint density at radius 1 is 1.42 bits per heavy atom. The number of rotatable bonds is 5. The smallest absolute Gasteiger partial charge is 0.434 e. The SMILES string of the molecule is CCOc1ccc(CC(=O)N2CCC[C@H](c3n[nH]c(=O)o3)C2)cc1.